The van der Waals surface area contributed by atoms with E-state index in [-0.39, 0.29) is 0 Å². The fourth-order valence-corrected chi connectivity index (χ4v) is 3.25. The van der Waals surface area contributed by atoms with Crippen LogP contribution in [0.1, 0.15) is 36.4 Å². The molecule has 0 radical (unpaired) electrons. The second-order valence-corrected chi connectivity index (χ2v) is 6.58. The molecule has 3 nitrogen and oxygen atoms in total. The molecule has 1 aromatic carbocycles. The second-order valence-electron chi connectivity index (χ2n) is 4.80. The van der Waals surface area contributed by atoms with Crippen molar-refractivity contribution in [2.75, 3.05) is 13.7 Å². The van der Waals surface area contributed by atoms with Crippen LogP contribution in [0.15, 0.2) is 34.2 Å². The Bertz CT molecular complexity index is 545. The molecule has 0 spiro atoms. The highest BCUT2D eigenvalue weighted by Gasteiger charge is 2.12. The molecule has 0 bridgehead atoms. The van der Waals surface area contributed by atoms with E-state index in [1.54, 1.807) is 18.4 Å². The van der Waals surface area contributed by atoms with Crippen molar-refractivity contribution < 1.29 is 4.74 Å². The van der Waals surface area contributed by atoms with Crippen molar-refractivity contribution in [1.29, 1.82) is 0 Å². The first kappa shape index (κ1) is 15.5. The number of nitrogens with zero attached hydrogens (tertiary/aromatic N) is 1. The Hall–Kier alpha value is -0.910. The lowest BCUT2D eigenvalue weighted by Crippen LogP contribution is -2.23. The van der Waals surface area contributed by atoms with E-state index < -0.39 is 0 Å². The van der Waals surface area contributed by atoms with Crippen LogP contribution in [0.25, 0.3) is 0 Å². The van der Waals surface area contributed by atoms with Gasteiger partial charge in [-0.2, -0.15) is 0 Å². The minimum Gasteiger partial charge on any atom is -0.496 e. The number of ether oxygens (including phenoxy) is 1. The highest BCUT2D eigenvalue weighted by molar-refractivity contribution is 9.10. The predicted molar refractivity (Wildman–Crippen MR) is 87.6 cm³/mol. The number of hydrogen-bond acceptors (Lipinski definition) is 4. The van der Waals surface area contributed by atoms with Gasteiger partial charge in [0.2, 0.25) is 0 Å². The summed E-state index contributed by atoms with van der Waals surface area (Å²) in [5.41, 5.74) is 1.24. The Morgan fingerprint density at radius 1 is 1.40 bits per heavy atom. The Morgan fingerprint density at radius 3 is 2.80 bits per heavy atom. The van der Waals surface area contributed by atoms with Crippen LogP contribution >= 0.6 is 27.3 Å². The lowest BCUT2D eigenvalue weighted by molar-refractivity contribution is 0.411. The van der Waals surface area contributed by atoms with Gasteiger partial charge in [0.25, 0.3) is 0 Å². The van der Waals surface area contributed by atoms with Gasteiger partial charge in [0.1, 0.15) is 5.75 Å². The van der Waals surface area contributed by atoms with Gasteiger partial charge in [0.15, 0.2) is 0 Å². The number of aromatic nitrogens is 1. The highest BCUT2D eigenvalue weighted by atomic mass is 79.9. The fraction of sp³-hybridized carbons (Fsp3) is 0.400. The molecular formula is C15H19BrN2OS. The molecule has 108 valence electrons. The van der Waals surface area contributed by atoms with Gasteiger partial charge in [0.05, 0.1) is 16.6 Å². The first-order chi connectivity index (χ1) is 9.61. The van der Waals surface area contributed by atoms with Crippen LogP contribution in [0, 0.1) is 0 Å². The van der Waals surface area contributed by atoms with E-state index >= 15 is 0 Å². The molecule has 1 heterocycles. The SMILES string of the molecule is COc1ccc(C(C)NCC(C)c2nccs2)cc1Br. The zero-order valence-corrected chi connectivity index (χ0v) is 14.3. The van der Waals surface area contributed by atoms with Crippen LogP contribution in [0.2, 0.25) is 0 Å². The van der Waals surface area contributed by atoms with Gasteiger partial charge in [-0.3, -0.25) is 0 Å². The maximum Gasteiger partial charge on any atom is 0.133 e. The standard InChI is InChI=1S/C15H19BrN2OS/c1-10(15-17-6-7-20-15)9-18-11(2)12-4-5-14(19-3)13(16)8-12/h4-8,10-11,18H,9H2,1-3H3. The molecule has 2 atom stereocenters. The number of methoxy groups -OCH3 is 1. The van der Waals surface area contributed by atoms with Crippen molar-refractivity contribution in [3.05, 3.63) is 44.8 Å². The monoisotopic (exact) mass is 354 g/mol. The summed E-state index contributed by atoms with van der Waals surface area (Å²) in [5.74, 6) is 1.29. The maximum atomic E-state index is 5.25. The van der Waals surface area contributed by atoms with Crippen molar-refractivity contribution in [2.24, 2.45) is 0 Å². The van der Waals surface area contributed by atoms with Crippen LogP contribution in [-0.2, 0) is 0 Å². The number of hydrogen-bond donors (Lipinski definition) is 1. The summed E-state index contributed by atoms with van der Waals surface area (Å²) in [6.45, 7) is 5.28. The molecule has 2 unspecified atom stereocenters. The molecule has 1 aromatic heterocycles. The van der Waals surface area contributed by atoms with E-state index in [1.165, 1.54) is 10.6 Å². The second kappa shape index (κ2) is 7.20. The molecule has 20 heavy (non-hydrogen) atoms. The number of benzene rings is 1. The average molecular weight is 355 g/mol. The highest BCUT2D eigenvalue weighted by Crippen LogP contribution is 2.28. The molecule has 0 aliphatic rings. The van der Waals surface area contributed by atoms with E-state index in [9.17, 15) is 0 Å². The molecule has 0 aliphatic carbocycles. The Morgan fingerprint density at radius 2 is 2.20 bits per heavy atom. The third-order valence-corrected chi connectivity index (χ3v) is 4.91. The molecule has 0 saturated carbocycles. The molecular weight excluding hydrogens is 336 g/mol. The van der Waals surface area contributed by atoms with Crippen LogP contribution in [0.4, 0.5) is 0 Å². The van der Waals surface area contributed by atoms with E-state index in [4.69, 9.17) is 4.74 Å². The molecule has 5 heteroatoms. The zero-order valence-electron chi connectivity index (χ0n) is 11.9. The normalized spacial score (nSPS) is 14.0. The quantitative estimate of drug-likeness (QED) is 0.836. The lowest BCUT2D eigenvalue weighted by atomic mass is 10.1. The van der Waals surface area contributed by atoms with Crippen LogP contribution in [-0.4, -0.2) is 18.6 Å². The molecule has 0 aliphatic heterocycles. The van der Waals surface area contributed by atoms with Crippen molar-refractivity contribution >= 4 is 27.3 Å². The number of halogens is 1. The summed E-state index contributed by atoms with van der Waals surface area (Å²) < 4.78 is 6.24. The van der Waals surface area contributed by atoms with Crippen molar-refractivity contribution in [1.82, 2.24) is 10.3 Å². The molecule has 0 saturated heterocycles. The summed E-state index contributed by atoms with van der Waals surface area (Å²) in [6.07, 6.45) is 1.86. The van der Waals surface area contributed by atoms with Gasteiger partial charge in [-0.05, 0) is 40.5 Å². The third-order valence-electron chi connectivity index (χ3n) is 3.28. The topological polar surface area (TPSA) is 34.1 Å². The number of nitrogens with one attached hydrogen (secondary N) is 1. The van der Waals surface area contributed by atoms with Gasteiger partial charge in [-0.1, -0.05) is 13.0 Å². The smallest absolute Gasteiger partial charge is 0.133 e. The summed E-state index contributed by atoms with van der Waals surface area (Å²) in [4.78, 5) is 4.36. The largest absolute Gasteiger partial charge is 0.496 e. The number of rotatable bonds is 6. The van der Waals surface area contributed by atoms with E-state index in [0.29, 0.717) is 12.0 Å². The van der Waals surface area contributed by atoms with Crippen molar-refractivity contribution in [2.45, 2.75) is 25.8 Å². The Balaban J connectivity index is 1.94. The average Bonchev–Trinajstić information content (AvgIpc) is 2.98. The lowest BCUT2D eigenvalue weighted by Gasteiger charge is -2.18. The van der Waals surface area contributed by atoms with Crippen LogP contribution in [0.3, 0.4) is 0 Å². The summed E-state index contributed by atoms with van der Waals surface area (Å²) in [6, 6.07) is 6.47. The van der Waals surface area contributed by atoms with Gasteiger partial charge >= 0.3 is 0 Å². The van der Waals surface area contributed by atoms with Gasteiger partial charge in [-0.25, -0.2) is 4.98 Å². The molecule has 0 amide bonds. The van der Waals surface area contributed by atoms with Gasteiger partial charge in [-0.15, -0.1) is 11.3 Å². The molecule has 1 N–H and O–H groups in total. The van der Waals surface area contributed by atoms with Crippen molar-refractivity contribution in [3.8, 4) is 5.75 Å². The first-order valence-electron chi connectivity index (χ1n) is 6.58. The van der Waals surface area contributed by atoms with Crippen molar-refractivity contribution in [3.63, 3.8) is 0 Å². The molecule has 0 fully saturated rings. The first-order valence-corrected chi connectivity index (χ1v) is 8.25. The Labute approximate surface area is 132 Å². The minimum absolute atomic E-state index is 0.291. The molecule has 2 aromatic rings. The third kappa shape index (κ3) is 3.81. The fourth-order valence-electron chi connectivity index (χ4n) is 1.99. The minimum atomic E-state index is 0.291. The van der Waals surface area contributed by atoms with Gasteiger partial charge in [0, 0.05) is 30.1 Å². The van der Waals surface area contributed by atoms with E-state index in [0.717, 1.165) is 16.8 Å². The van der Waals surface area contributed by atoms with Crippen LogP contribution < -0.4 is 10.1 Å². The van der Waals surface area contributed by atoms with Gasteiger partial charge < -0.3 is 10.1 Å². The summed E-state index contributed by atoms with van der Waals surface area (Å²) >= 11 is 5.24. The maximum absolute atomic E-state index is 5.25. The van der Waals surface area contributed by atoms with E-state index in [2.05, 4.69) is 52.2 Å². The zero-order chi connectivity index (χ0) is 14.5. The van der Waals surface area contributed by atoms with Crippen LogP contribution in [0.5, 0.6) is 5.75 Å². The number of thiazole rings is 1. The summed E-state index contributed by atoms with van der Waals surface area (Å²) in [5, 5.41) is 6.76. The summed E-state index contributed by atoms with van der Waals surface area (Å²) in [7, 11) is 1.68. The predicted octanol–water partition coefficient (Wildman–Crippen LogP) is 4.37. The van der Waals surface area contributed by atoms with E-state index in [1.807, 2.05) is 17.6 Å². The Kier molecular flexibility index (Phi) is 5.57. The molecule has 2 rings (SSSR count).